The molecule has 0 amide bonds. The van der Waals surface area contributed by atoms with Crippen LogP contribution in [0.25, 0.3) is 0 Å². The summed E-state index contributed by atoms with van der Waals surface area (Å²) in [7, 11) is -0.837. The molecule has 0 saturated heterocycles. The first kappa shape index (κ1) is 14.3. The van der Waals surface area contributed by atoms with E-state index < -0.39 is 10.8 Å². The highest BCUT2D eigenvalue weighted by Gasteiger charge is 2.16. The van der Waals surface area contributed by atoms with Gasteiger partial charge in [0.05, 0.1) is 13.2 Å². The zero-order chi connectivity index (χ0) is 13.7. The Morgan fingerprint density at radius 2 is 2.05 bits per heavy atom. The van der Waals surface area contributed by atoms with Crippen LogP contribution < -0.4 is 14.8 Å². The first-order valence-corrected chi connectivity index (χ1v) is 8.36. The van der Waals surface area contributed by atoms with Crippen LogP contribution in [-0.4, -0.2) is 36.0 Å². The van der Waals surface area contributed by atoms with E-state index in [1.54, 1.807) is 6.26 Å². The summed E-state index contributed by atoms with van der Waals surface area (Å²) in [6, 6.07) is 6.06. The van der Waals surface area contributed by atoms with E-state index in [1.165, 1.54) is 0 Å². The Morgan fingerprint density at radius 3 is 2.74 bits per heavy atom. The van der Waals surface area contributed by atoms with E-state index in [1.807, 2.05) is 18.2 Å². The first-order valence-electron chi connectivity index (χ1n) is 6.63. The Morgan fingerprint density at radius 1 is 1.32 bits per heavy atom. The monoisotopic (exact) mass is 283 g/mol. The molecule has 1 aromatic rings. The second kappa shape index (κ2) is 6.91. The summed E-state index contributed by atoms with van der Waals surface area (Å²) in [6.07, 6.45) is 2.63. The Balaban J connectivity index is 2.22. The fraction of sp³-hybridized carbons (Fsp3) is 0.571. The van der Waals surface area contributed by atoms with E-state index in [0.717, 1.165) is 30.0 Å². The molecule has 2 rings (SSSR count). The molecule has 1 aliphatic rings. The van der Waals surface area contributed by atoms with Crippen molar-refractivity contribution in [3.63, 3.8) is 0 Å². The number of ether oxygens (including phenoxy) is 2. The minimum Gasteiger partial charge on any atom is -0.490 e. The molecule has 0 saturated carbocycles. The van der Waals surface area contributed by atoms with Crippen molar-refractivity contribution in [3.8, 4) is 11.5 Å². The highest BCUT2D eigenvalue weighted by molar-refractivity contribution is 7.84. The molecule has 106 valence electrons. The molecule has 0 aliphatic carbocycles. The largest absolute Gasteiger partial charge is 0.490 e. The lowest BCUT2D eigenvalue weighted by molar-refractivity contribution is 0.297. The molecular formula is C14H21NO3S. The lowest BCUT2D eigenvalue weighted by atomic mass is 10.1. The van der Waals surface area contributed by atoms with Gasteiger partial charge >= 0.3 is 0 Å². The molecule has 0 fully saturated rings. The highest BCUT2D eigenvalue weighted by atomic mass is 32.2. The third-order valence-corrected chi connectivity index (χ3v) is 3.83. The van der Waals surface area contributed by atoms with Crippen LogP contribution in [0.1, 0.15) is 24.9 Å². The number of benzene rings is 1. The minimum atomic E-state index is -0.837. The van der Waals surface area contributed by atoms with Crippen LogP contribution in [-0.2, 0) is 10.8 Å². The van der Waals surface area contributed by atoms with Gasteiger partial charge in [0.2, 0.25) is 0 Å². The standard InChI is InChI=1S/C14H21NO3S/c1-3-15-12(10-19(2)16)11-5-6-13-14(9-11)18-8-4-7-17-13/h5-6,9,12,15H,3-4,7-8,10H2,1-2H3. The Kier molecular flexibility index (Phi) is 5.22. The molecule has 2 unspecified atom stereocenters. The van der Waals surface area contributed by atoms with Crippen molar-refractivity contribution in [1.82, 2.24) is 5.32 Å². The number of hydrogen-bond donors (Lipinski definition) is 1. The maximum atomic E-state index is 11.5. The molecule has 2 atom stereocenters. The predicted molar refractivity (Wildman–Crippen MR) is 77.4 cm³/mol. The van der Waals surface area contributed by atoms with Crippen molar-refractivity contribution in [2.75, 3.05) is 31.8 Å². The van der Waals surface area contributed by atoms with Crippen molar-refractivity contribution in [2.24, 2.45) is 0 Å². The van der Waals surface area contributed by atoms with Crippen LogP contribution in [0.3, 0.4) is 0 Å². The second-order valence-corrected chi connectivity index (χ2v) is 6.09. The summed E-state index contributed by atoms with van der Waals surface area (Å²) in [5.41, 5.74) is 1.10. The summed E-state index contributed by atoms with van der Waals surface area (Å²) in [4.78, 5) is 0. The van der Waals surface area contributed by atoms with E-state index in [2.05, 4.69) is 12.2 Å². The van der Waals surface area contributed by atoms with Gasteiger partial charge in [-0.25, -0.2) is 0 Å². The molecule has 1 aromatic carbocycles. The molecule has 0 aromatic heterocycles. The van der Waals surface area contributed by atoms with Crippen LogP contribution in [0.15, 0.2) is 18.2 Å². The van der Waals surface area contributed by atoms with Crippen LogP contribution in [0.5, 0.6) is 11.5 Å². The average Bonchev–Trinajstić information content (AvgIpc) is 2.62. The van der Waals surface area contributed by atoms with Gasteiger partial charge in [-0.15, -0.1) is 0 Å². The lowest BCUT2D eigenvalue weighted by Crippen LogP contribution is -2.25. The van der Waals surface area contributed by atoms with Gasteiger partial charge in [-0.3, -0.25) is 4.21 Å². The van der Waals surface area contributed by atoms with Crippen LogP contribution in [0.4, 0.5) is 0 Å². The van der Waals surface area contributed by atoms with Crippen LogP contribution in [0, 0.1) is 0 Å². The molecular weight excluding hydrogens is 262 g/mol. The average molecular weight is 283 g/mol. The summed E-state index contributed by atoms with van der Waals surface area (Å²) in [5.74, 6) is 2.20. The number of nitrogens with one attached hydrogen (secondary N) is 1. The molecule has 1 heterocycles. The van der Waals surface area contributed by atoms with Gasteiger partial charge in [0.25, 0.3) is 0 Å². The van der Waals surface area contributed by atoms with Gasteiger partial charge in [0.1, 0.15) is 0 Å². The predicted octanol–water partition coefficient (Wildman–Crippen LogP) is 1.88. The SMILES string of the molecule is CCNC(CS(C)=O)c1ccc2c(c1)OCCCO2. The molecule has 1 aliphatic heterocycles. The maximum Gasteiger partial charge on any atom is 0.161 e. The Bertz CT molecular complexity index is 450. The second-order valence-electron chi connectivity index (χ2n) is 4.61. The molecule has 5 heteroatoms. The molecule has 1 N–H and O–H groups in total. The van der Waals surface area contributed by atoms with E-state index in [-0.39, 0.29) is 6.04 Å². The van der Waals surface area contributed by atoms with E-state index in [4.69, 9.17) is 9.47 Å². The van der Waals surface area contributed by atoms with E-state index >= 15 is 0 Å². The third-order valence-electron chi connectivity index (χ3n) is 3.03. The zero-order valence-corrected chi connectivity index (χ0v) is 12.3. The summed E-state index contributed by atoms with van der Waals surface area (Å²) >= 11 is 0. The molecule has 19 heavy (non-hydrogen) atoms. The number of hydrogen-bond acceptors (Lipinski definition) is 4. The van der Waals surface area contributed by atoms with Crippen molar-refractivity contribution in [2.45, 2.75) is 19.4 Å². The Hall–Kier alpha value is -1.07. The lowest BCUT2D eigenvalue weighted by Gasteiger charge is -2.18. The van der Waals surface area contributed by atoms with Gasteiger partial charge in [0.15, 0.2) is 11.5 Å². The summed E-state index contributed by atoms with van der Waals surface area (Å²) in [6.45, 7) is 4.27. The maximum absolute atomic E-state index is 11.5. The van der Waals surface area contributed by atoms with E-state index in [9.17, 15) is 4.21 Å². The quantitative estimate of drug-likeness (QED) is 0.896. The van der Waals surface area contributed by atoms with Crippen molar-refractivity contribution in [1.29, 1.82) is 0 Å². The summed E-state index contributed by atoms with van der Waals surface area (Å²) < 4.78 is 22.8. The third kappa shape index (κ3) is 3.94. The van der Waals surface area contributed by atoms with Gasteiger partial charge in [-0.2, -0.15) is 0 Å². The molecule has 0 bridgehead atoms. The first-order chi connectivity index (χ1) is 9.20. The number of rotatable bonds is 5. The molecule has 0 radical (unpaired) electrons. The fourth-order valence-electron chi connectivity index (χ4n) is 2.15. The topological polar surface area (TPSA) is 47.6 Å². The van der Waals surface area contributed by atoms with Gasteiger partial charge in [0, 0.05) is 35.3 Å². The minimum absolute atomic E-state index is 0.0907. The van der Waals surface area contributed by atoms with Crippen molar-refractivity contribution in [3.05, 3.63) is 23.8 Å². The van der Waals surface area contributed by atoms with Crippen molar-refractivity contribution >= 4 is 10.8 Å². The van der Waals surface area contributed by atoms with E-state index in [0.29, 0.717) is 19.0 Å². The number of fused-ring (bicyclic) bond motifs is 1. The smallest absolute Gasteiger partial charge is 0.161 e. The summed E-state index contributed by atoms with van der Waals surface area (Å²) in [5, 5.41) is 3.36. The van der Waals surface area contributed by atoms with Crippen LogP contribution >= 0.6 is 0 Å². The highest BCUT2D eigenvalue weighted by Crippen LogP contribution is 2.32. The van der Waals surface area contributed by atoms with Crippen LogP contribution in [0.2, 0.25) is 0 Å². The van der Waals surface area contributed by atoms with Gasteiger partial charge < -0.3 is 14.8 Å². The Labute approximate surface area is 116 Å². The molecule has 4 nitrogen and oxygen atoms in total. The zero-order valence-electron chi connectivity index (χ0n) is 11.5. The van der Waals surface area contributed by atoms with Crippen molar-refractivity contribution < 1.29 is 13.7 Å². The normalized spacial score (nSPS) is 17.6. The van der Waals surface area contributed by atoms with Gasteiger partial charge in [-0.05, 0) is 24.2 Å². The van der Waals surface area contributed by atoms with Gasteiger partial charge in [-0.1, -0.05) is 13.0 Å². The molecule has 0 spiro atoms. The fourth-order valence-corrected chi connectivity index (χ4v) is 2.93.